The van der Waals surface area contributed by atoms with Crippen LogP contribution in [-0.4, -0.2) is 46.1 Å². The highest BCUT2D eigenvalue weighted by molar-refractivity contribution is 7.99. The number of aromatic nitrogens is 4. The zero-order chi connectivity index (χ0) is 19.8. The number of aldehydes is 1. The fourth-order valence-corrected chi connectivity index (χ4v) is 3.50. The maximum atomic E-state index is 10.3. The van der Waals surface area contributed by atoms with Gasteiger partial charge in [-0.3, -0.25) is 0 Å². The van der Waals surface area contributed by atoms with E-state index < -0.39 is 0 Å². The minimum absolute atomic E-state index is 0.208. The number of hydrogen-bond donors (Lipinski definition) is 1. The number of imidazole rings is 1. The van der Waals surface area contributed by atoms with Crippen LogP contribution in [0.3, 0.4) is 0 Å². The molecule has 0 aliphatic carbocycles. The first kappa shape index (κ1) is 20.1. The summed E-state index contributed by atoms with van der Waals surface area (Å²) in [6.07, 6.45) is 4.98. The van der Waals surface area contributed by atoms with Crippen molar-refractivity contribution in [3.8, 4) is 5.75 Å². The number of carbonyl (C=O) groups excluding carboxylic acids is 1. The number of benzene rings is 1. The highest BCUT2D eigenvalue weighted by Gasteiger charge is 2.13. The Morgan fingerprint density at radius 3 is 2.75 bits per heavy atom. The minimum atomic E-state index is 0.208. The maximum absolute atomic E-state index is 10.3. The molecule has 2 N–H and O–H groups in total. The second-order valence-electron chi connectivity index (χ2n) is 6.05. The summed E-state index contributed by atoms with van der Waals surface area (Å²) in [5.41, 5.74) is 7.32. The Morgan fingerprint density at radius 2 is 2.00 bits per heavy atom. The van der Waals surface area contributed by atoms with Crippen molar-refractivity contribution in [3.63, 3.8) is 0 Å². The third-order valence-electron chi connectivity index (χ3n) is 4.06. The normalized spacial score (nSPS) is 11.0. The van der Waals surface area contributed by atoms with Gasteiger partial charge in [0.25, 0.3) is 0 Å². The molecule has 0 spiro atoms. The second kappa shape index (κ2) is 10.0. The Labute approximate surface area is 167 Å². The number of unbranched alkanes of at least 4 members (excludes halogenated alkanes) is 2. The van der Waals surface area contributed by atoms with Crippen LogP contribution in [0.25, 0.3) is 11.2 Å². The number of nitrogen functional groups attached to an aromatic ring is 1. The second-order valence-corrected chi connectivity index (χ2v) is 7.11. The average molecular weight is 401 g/mol. The quantitative estimate of drug-likeness (QED) is 0.297. The molecule has 2 aromatic heterocycles. The van der Waals surface area contributed by atoms with Gasteiger partial charge in [-0.2, -0.15) is 4.98 Å². The van der Waals surface area contributed by atoms with E-state index in [1.165, 1.54) is 11.8 Å². The highest BCUT2D eigenvalue weighted by atomic mass is 32.2. The third-order valence-corrected chi connectivity index (χ3v) is 5.05. The van der Waals surface area contributed by atoms with Crippen molar-refractivity contribution >= 4 is 35.2 Å². The van der Waals surface area contributed by atoms with E-state index in [4.69, 9.17) is 15.2 Å². The molecule has 148 valence electrons. The molecule has 2 heterocycles. The third kappa shape index (κ3) is 5.20. The molecule has 0 amide bonds. The predicted molar refractivity (Wildman–Crippen MR) is 108 cm³/mol. The number of carbonyl (C=O) groups is 1. The first-order chi connectivity index (χ1) is 13.7. The molecule has 9 heteroatoms. The van der Waals surface area contributed by atoms with E-state index in [1.807, 2.05) is 28.8 Å². The number of rotatable bonds is 11. The summed E-state index contributed by atoms with van der Waals surface area (Å²) in [5, 5.41) is 0.709. The van der Waals surface area contributed by atoms with Gasteiger partial charge < -0.3 is 24.6 Å². The van der Waals surface area contributed by atoms with Gasteiger partial charge in [-0.25, -0.2) is 9.97 Å². The van der Waals surface area contributed by atoms with Crippen molar-refractivity contribution in [2.75, 3.05) is 26.1 Å². The van der Waals surface area contributed by atoms with Crippen molar-refractivity contribution in [3.05, 3.63) is 30.6 Å². The molecule has 3 rings (SSSR count). The molecular weight excluding hydrogens is 378 g/mol. The highest BCUT2D eigenvalue weighted by Crippen LogP contribution is 2.32. The molecule has 0 saturated carbocycles. The summed E-state index contributed by atoms with van der Waals surface area (Å²) in [6, 6.07) is 7.72. The van der Waals surface area contributed by atoms with E-state index in [9.17, 15) is 4.79 Å². The standard InChI is InChI=1S/C19H23N5O3S/c1-26-14-5-7-15(8-6-14)28-18-16-17(22-19(20)23-18)24(13-21-16)9-12-27-11-4-2-3-10-25/h5-8,10,13H,2-4,9,11-12H2,1H3,(H2,20,22,23). The van der Waals surface area contributed by atoms with Crippen LogP contribution in [0.4, 0.5) is 5.95 Å². The van der Waals surface area contributed by atoms with Gasteiger partial charge in [0.2, 0.25) is 5.95 Å². The van der Waals surface area contributed by atoms with E-state index >= 15 is 0 Å². The fraction of sp³-hybridized carbons (Fsp3) is 0.368. The van der Waals surface area contributed by atoms with Crippen molar-refractivity contribution in [2.24, 2.45) is 0 Å². The molecular formula is C19H23N5O3S. The lowest BCUT2D eigenvalue weighted by Gasteiger charge is -2.07. The molecule has 0 aliphatic heterocycles. The lowest BCUT2D eigenvalue weighted by atomic mass is 10.3. The van der Waals surface area contributed by atoms with Gasteiger partial charge >= 0.3 is 0 Å². The molecule has 28 heavy (non-hydrogen) atoms. The van der Waals surface area contributed by atoms with E-state index in [0.29, 0.717) is 42.4 Å². The van der Waals surface area contributed by atoms with Gasteiger partial charge in [-0.1, -0.05) is 11.8 Å². The first-order valence-electron chi connectivity index (χ1n) is 9.03. The van der Waals surface area contributed by atoms with E-state index in [2.05, 4.69) is 15.0 Å². The summed E-state index contributed by atoms with van der Waals surface area (Å²) in [7, 11) is 1.64. The van der Waals surface area contributed by atoms with Crippen LogP contribution < -0.4 is 10.5 Å². The average Bonchev–Trinajstić information content (AvgIpc) is 3.11. The Kier molecular flexibility index (Phi) is 7.21. The van der Waals surface area contributed by atoms with Crippen molar-refractivity contribution in [1.29, 1.82) is 0 Å². The summed E-state index contributed by atoms with van der Waals surface area (Å²) in [4.78, 5) is 24.5. The Balaban J connectivity index is 1.67. The monoisotopic (exact) mass is 401 g/mol. The molecule has 0 unspecified atom stereocenters. The Bertz CT molecular complexity index is 914. The van der Waals surface area contributed by atoms with Gasteiger partial charge in [-0.05, 0) is 37.1 Å². The van der Waals surface area contributed by atoms with Crippen molar-refractivity contribution in [2.45, 2.75) is 35.7 Å². The zero-order valence-corrected chi connectivity index (χ0v) is 16.5. The van der Waals surface area contributed by atoms with Crippen molar-refractivity contribution < 1.29 is 14.3 Å². The SMILES string of the molecule is COc1ccc(Sc2nc(N)nc3c2ncn3CCOCCCCC=O)cc1. The molecule has 0 atom stereocenters. The van der Waals surface area contributed by atoms with E-state index in [1.54, 1.807) is 13.4 Å². The molecule has 0 saturated heterocycles. The minimum Gasteiger partial charge on any atom is -0.497 e. The van der Waals surface area contributed by atoms with Gasteiger partial charge in [0, 0.05) is 24.5 Å². The molecule has 3 aromatic rings. The van der Waals surface area contributed by atoms with Crippen LogP contribution in [0, 0.1) is 0 Å². The lowest BCUT2D eigenvalue weighted by molar-refractivity contribution is -0.108. The summed E-state index contributed by atoms with van der Waals surface area (Å²) < 4.78 is 12.7. The molecule has 8 nitrogen and oxygen atoms in total. The molecule has 0 radical (unpaired) electrons. The van der Waals surface area contributed by atoms with Gasteiger partial charge in [0.15, 0.2) is 5.65 Å². The van der Waals surface area contributed by atoms with Crippen LogP contribution in [0.2, 0.25) is 0 Å². The van der Waals surface area contributed by atoms with Crippen LogP contribution in [0.15, 0.2) is 40.5 Å². The number of methoxy groups -OCH3 is 1. The smallest absolute Gasteiger partial charge is 0.223 e. The number of fused-ring (bicyclic) bond motifs is 1. The van der Waals surface area contributed by atoms with Crippen LogP contribution in [0.5, 0.6) is 5.75 Å². The molecule has 1 aromatic carbocycles. The largest absolute Gasteiger partial charge is 0.497 e. The number of anilines is 1. The number of hydrogen-bond acceptors (Lipinski definition) is 8. The van der Waals surface area contributed by atoms with Crippen molar-refractivity contribution in [1.82, 2.24) is 19.5 Å². The lowest BCUT2D eigenvalue weighted by Crippen LogP contribution is -2.07. The van der Waals surface area contributed by atoms with E-state index in [-0.39, 0.29) is 5.95 Å². The summed E-state index contributed by atoms with van der Waals surface area (Å²) in [6.45, 7) is 1.79. The predicted octanol–water partition coefficient (Wildman–Crippen LogP) is 2.95. The van der Waals surface area contributed by atoms with Gasteiger partial charge in [0.05, 0.1) is 20.0 Å². The van der Waals surface area contributed by atoms with Crippen LogP contribution in [0.1, 0.15) is 19.3 Å². The fourth-order valence-electron chi connectivity index (χ4n) is 2.62. The van der Waals surface area contributed by atoms with Gasteiger partial charge in [-0.15, -0.1) is 0 Å². The Morgan fingerprint density at radius 1 is 1.18 bits per heavy atom. The molecule has 0 fully saturated rings. The van der Waals surface area contributed by atoms with Crippen LogP contribution in [-0.2, 0) is 16.1 Å². The molecule has 0 bridgehead atoms. The Hall–Kier alpha value is -2.65. The number of nitrogens with zero attached hydrogens (tertiary/aromatic N) is 4. The van der Waals surface area contributed by atoms with E-state index in [0.717, 1.165) is 29.8 Å². The van der Waals surface area contributed by atoms with Crippen LogP contribution >= 0.6 is 11.8 Å². The topological polar surface area (TPSA) is 105 Å². The number of ether oxygens (including phenoxy) is 2. The maximum Gasteiger partial charge on any atom is 0.223 e. The molecule has 0 aliphatic rings. The summed E-state index contributed by atoms with van der Waals surface area (Å²) in [5.74, 6) is 1.01. The zero-order valence-electron chi connectivity index (χ0n) is 15.7. The first-order valence-corrected chi connectivity index (χ1v) is 9.84. The number of nitrogens with two attached hydrogens (primary N) is 1. The van der Waals surface area contributed by atoms with Gasteiger partial charge in [0.1, 0.15) is 22.6 Å². The summed E-state index contributed by atoms with van der Waals surface area (Å²) >= 11 is 1.48.